The van der Waals surface area contributed by atoms with Crippen molar-refractivity contribution in [3.05, 3.63) is 65.9 Å². The van der Waals surface area contributed by atoms with Crippen molar-refractivity contribution in [2.45, 2.75) is 12.8 Å². The van der Waals surface area contributed by atoms with Crippen molar-refractivity contribution >= 4 is 17.3 Å². The fourth-order valence-electron chi connectivity index (χ4n) is 3.66. The van der Waals surface area contributed by atoms with Gasteiger partial charge in [-0.3, -0.25) is 0 Å². The van der Waals surface area contributed by atoms with Gasteiger partial charge in [-0.2, -0.15) is 0 Å². The molecule has 166 valence electrons. The number of hydrogen-bond donors (Lipinski definition) is 2. The van der Waals surface area contributed by atoms with E-state index in [9.17, 15) is 9.90 Å². The molecule has 3 aromatic rings. The van der Waals surface area contributed by atoms with Crippen molar-refractivity contribution in [1.82, 2.24) is 4.98 Å². The number of carbonyl (C=O) groups is 1. The molecule has 7 nitrogen and oxygen atoms in total. The number of fused-ring (bicyclic) bond motifs is 1. The molecule has 0 saturated heterocycles. The number of nitrogens with zero attached hydrogens (tertiary/aromatic N) is 2. The van der Waals surface area contributed by atoms with Crippen molar-refractivity contribution < 1.29 is 19.4 Å². The molecule has 0 saturated carbocycles. The van der Waals surface area contributed by atoms with Gasteiger partial charge in [-0.25, -0.2) is 9.78 Å². The number of nitrogens with one attached hydrogen (secondary N) is 1. The van der Waals surface area contributed by atoms with Gasteiger partial charge in [0.1, 0.15) is 19.0 Å². The predicted octanol–water partition coefficient (Wildman–Crippen LogP) is 4.33. The Labute approximate surface area is 187 Å². The summed E-state index contributed by atoms with van der Waals surface area (Å²) in [4.78, 5) is 18.2. The SMILES string of the molecule is CN(C)c1cccc(OCCOc2ccc(-c3ccc4c(c3)NCCC4)nc2C(=O)O)c1. The molecule has 7 heteroatoms. The van der Waals surface area contributed by atoms with Crippen LogP contribution in [0.25, 0.3) is 11.3 Å². The molecule has 32 heavy (non-hydrogen) atoms. The molecule has 0 unspecified atom stereocenters. The Morgan fingerprint density at radius 2 is 1.94 bits per heavy atom. The van der Waals surface area contributed by atoms with Crippen LogP contribution in [0.3, 0.4) is 0 Å². The lowest BCUT2D eigenvalue weighted by atomic mass is 10.00. The Kier molecular flexibility index (Phi) is 6.44. The summed E-state index contributed by atoms with van der Waals surface area (Å²) in [5, 5.41) is 13.0. The lowest BCUT2D eigenvalue weighted by molar-refractivity contribution is 0.0684. The molecule has 1 aromatic heterocycles. The van der Waals surface area contributed by atoms with E-state index in [1.807, 2.05) is 55.4 Å². The van der Waals surface area contributed by atoms with Crippen LogP contribution < -0.4 is 19.7 Å². The minimum Gasteiger partial charge on any atom is -0.490 e. The number of benzene rings is 2. The molecular formula is C25H27N3O4. The highest BCUT2D eigenvalue weighted by atomic mass is 16.5. The minimum atomic E-state index is -1.13. The normalized spacial score (nSPS) is 12.4. The zero-order valence-electron chi connectivity index (χ0n) is 18.3. The first-order chi connectivity index (χ1) is 15.5. The van der Waals surface area contributed by atoms with Gasteiger partial charge in [0, 0.05) is 43.6 Å². The highest BCUT2D eigenvalue weighted by molar-refractivity contribution is 5.89. The summed E-state index contributed by atoms with van der Waals surface area (Å²) in [5.41, 5.74) is 4.76. The average molecular weight is 434 g/mol. The van der Waals surface area contributed by atoms with Crippen molar-refractivity contribution in [1.29, 1.82) is 0 Å². The topological polar surface area (TPSA) is 83.9 Å². The summed E-state index contributed by atoms with van der Waals surface area (Å²) >= 11 is 0. The monoisotopic (exact) mass is 433 g/mol. The summed E-state index contributed by atoms with van der Waals surface area (Å²) in [6, 6.07) is 17.3. The molecule has 2 aromatic carbocycles. The smallest absolute Gasteiger partial charge is 0.358 e. The number of anilines is 2. The van der Waals surface area contributed by atoms with E-state index in [4.69, 9.17) is 9.47 Å². The van der Waals surface area contributed by atoms with Gasteiger partial charge in [0.25, 0.3) is 0 Å². The standard InChI is InChI=1S/C25H27N3O4/c1-28(2)19-6-3-7-20(16-19)31-13-14-32-23-11-10-21(27-24(23)25(29)30)18-9-8-17-5-4-12-26-22(17)15-18/h3,6-11,15-16,26H,4-5,12-14H2,1-2H3,(H,29,30). The van der Waals surface area contributed by atoms with Gasteiger partial charge in [-0.1, -0.05) is 18.2 Å². The molecule has 2 N–H and O–H groups in total. The van der Waals surface area contributed by atoms with Gasteiger partial charge in [0.15, 0.2) is 11.4 Å². The van der Waals surface area contributed by atoms with E-state index in [0.717, 1.165) is 42.1 Å². The second-order valence-electron chi connectivity index (χ2n) is 7.84. The van der Waals surface area contributed by atoms with E-state index in [0.29, 0.717) is 5.69 Å². The summed E-state index contributed by atoms with van der Waals surface area (Å²) in [6.45, 7) is 1.43. The number of carboxylic acid groups (broad SMARTS) is 1. The Bertz CT molecular complexity index is 1110. The van der Waals surface area contributed by atoms with Crippen LogP contribution in [0.4, 0.5) is 11.4 Å². The summed E-state index contributed by atoms with van der Waals surface area (Å²) in [6.07, 6.45) is 2.16. The van der Waals surface area contributed by atoms with Crippen LogP contribution >= 0.6 is 0 Å². The molecule has 0 spiro atoms. The van der Waals surface area contributed by atoms with Crippen LogP contribution in [0.1, 0.15) is 22.5 Å². The molecule has 0 fully saturated rings. The summed E-state index contributed by atoms with van der Waals surface area (Å²) in [7, 11) is 3.93. The van der Waals surface area contributed by atoms with Crippen LogP contribution in [0, 0.1) is 0 Å². The zero-order chi connectivity index (χ0) is 22.5. The van der Waals surface area contributed by atoms with E-state index < -0.39 is 5.97 Å². The third kappa shape index (κ3) is 4.94. The highest BCUT2D eigenvalue weighted by Gasteiger charge is 2.17. The molecule has 0 amide bonds. The second kappa shape index (κ2) is 9.60. The summed E-state index contributed by atoms with van der Waals surface area (Å²) < 4.78 is 11.4. The molecule has 2 heterocycles. The number of aryl methyl sites for hydroxylation is 1. The maximum atomic E-state index is 11.8. The number of carboxylic acids is 1. The van der Waals surface area contributed by atoms with Gasteiger partial charge < -0.3 is 24.8 Å². The second-order valence-corrected chi connectivity index (χ2v) is 7.84. The molecular weight excluding hydrogens is 406 g/mol. The zero-order valence-corrected chi connectivity index (χ0v) is 18.3. The fourth-order valence-corrected chi connectivity index (χ4v) is 3.66. The summed E-state index contributed by atoms with van der Waals surface area (Å²) in [5.74, 6) is -0.173. The van der Waals surface area contributed by atoms with Crippen molar-refractivity contribution in [3.8, 4) is 22.8 Å². The maximum Gasteiger partial charge on any atom is 0.358 e. The maximum absolute atomic E-state index is 11.8. The Morgan fingerprint density at radius 3 is 2.75 bits per heavy atom. The van der Waals surface area contributed by atoms with E-state index in [1.54, 1.807) is 12.1 Å². The number of rotatable bonds is 8. The van der Waals surface area contributed by atoms with Crippen LogP contribution in [0.15, 0.2) is 54.6 Å². The number of ether oxygens (including phenoxy) is 2. The largest absolute Gasteiger partial charge is 0.490 e. The van der Waals surface area contributed by atoms with Crippen LogP contribution in [0.5, 0.6) is 11.5 Å². The number of hydrogen-bond acceptors (Lipinski definition) is 6. The van der Waals surface area contributed by atoms with Gasteiger partial charge >= 0.3 is 5.97 Å². The Balaban J connectivity index is 1.43. The predicted molar refractivity (Wildman–Crippen MR) is 125 cm³/mol. The third-order valence-electron chi connectivity index (χ3n) is 5.35. The van der Waals surface area contributed by atoms with Crippen LogP contribution in [-0.2, 0) is 6.42 Å². The van der Waals surface area contributed by atoms with Gasteiger partial charge in [0.2, 0.25) is 0 Å². The number of aromatic nitrogens is 1. The quantitative estimate of drug-likeness (QED) is 0.512. The highest BCUT2D eigenvalue weighted by Crippen LogP contribution is 2.29. The Hall–Kier alpha value is -3.74. The molecule has 0 atom stereocenters. The first kappa shape index (κ1) is 21.5. The van der Waals surface area contributed by atoms with Crippen molar-refractivity contribution in [3.63, 3.8) is 0 Å². The van der Waals surface area contributed by atoms with E-state index in [2.05, 4.69) is 16.4 Å². The first-order valence-corrected chi connectivity index (χ1v) is 10.7. The molecule has 0 radical (unpaired) electrons. The van der Waals surface area contributed by atoms with Crippen LogP contribution in [0.2, 0.25) is 0 Å². The minimum absolute atomic E-state index is 0.109. The van der Waals surface area contributed by atoms with E-state index >= 15 is 0 Å². The van der Waals surface area contributed by atoms with Gasteiger partial charge in [-0.15, -0.1) is 0 Å². The lowest BCUT2D eigenvalue weighted by Crippen LogP contribution is -2.13. The number of aromatic carboxylic acids is 1. The van der Waals surface area contributed by atoms with Gasteiger partial charge in [0.05, 0.1) is 5.69 Å². The molecule has 0 bridgehead atoms. The molecule has 4 rings (SSSR count). The average Bonchev–Trinajstić information content (AvgIpc) is 2.81. The first-order valence-electron chi connectivity index (χ1n) is 10.7. The molecule has 1 aliphatic heterocycles. The van der Waals surface area contributed by atoms with E-state index in [-0.39, 0.29) is 24.7 Å². The third-order valence-corrected chi connectivity index (χ3v) is 5.35. The Morgan fingerprint density at radius 1 is 1.09 bits per heavy atom. The van der Waals surface area contributed by atoms with Crippen LogP contribution in [-0.4, -0.2) is 49.9 Å². The lowest BCUT2D eigenvalue weighted by Gasteiger charge is -2.19. The molecule has 0 aliphatic carbocycles. The molecule has 1 aliphatic rings. The van der Waals surface area contributed by atoms with E-state index in [1.165, 1.54) is 5.56 Å². The number of pyridine rings is 1. The van der Waals surface area contributed by atoms with Gasteiger partial charge in [-0.05, 0) is 48.7 Å². The fraction of sp³-hybridized carbons (Fsp3) is 0.280. The van der Waals surface area contributed by atoms with Crippen molar-refractivity contribution in [2.24, 2.45) is 0 Å². The van der Waals surface area contributed by atoms with Crippen molar-refractivity contribution in [2.75, 3.05) is 44.1 Å².